The number of rotatable bonds is 3. The third-order valence-corrected chi connectivity index (χ3v) is 7.96. The number of amides is 2. The third kappa shape index (κ3) is 6.82. The van der Waals surface area contributed by atoms with Gasteiger partial charge in [-0.3, -0.25) is 9.59 Å². The Labute approximate surface area is 220 Å². The Balaban J connectivity index is 1.57. The molecule has 0 bridgehead atoms. The molecule has 1 aliphatic carbocycles. The highest BCUT2D eigenvalue weighted by Gasteiger charge is 2.35. The Kier molecular flexibility index (Phi) is 9.68. The predicted molar refractivity (Wildman–Crippen MR) is 145 cm³/mol. The molecule has 4 rings (SSSR count). The van der Waals surface area contributed by atoms with Crippen molar-refractivity contribution in [1.29, 1.82) is 0 Å². The molecule has 2 aliphatic rings. The molecule has 0 radical (unpaired) electrons. The van der Waals surface area contributed by atoms with Gasteiger partial charge in [0.2, 0.25) is 5.91 Å². The van der Waals surface area contributed by atoms with Gasteiger partial charge in [-0.05, 0) is 62.3 Å². The lowest BCUT2D eigenvalue weighted by atomic mass is 9.90. The van der Waals surface area contributed by atoms with E-state index in [1.807, 2.05) is 60.5 Å². The van der Waals surface area contributed by atoms with Crippen molar-refractivity contribution in [2.45, 2.75) is 82.8 Å². The van der Waals surface area contributed by atoms with Crippen LogP contribution in [0.2, 0.25) is 5.02 Å². The minimum absolute atomic E-state index is 0.000466. The lowest BCUT2D eigenvalue weighted by Gasteiger charge is -2.40. The largest absolute Gasteiger partial charge is 0.487 e. The molecule has 0 aromatic heterocycles. The van der Waals surface area contributed by atoms with Gasteiger partial charge in [0.25, 0.3) is 5.91 Å². The first-order valence-corrected chi connectivity index (χ1v) is 14.0. The van der Waals surface area contributed by atoms with Crippen molar-refractivity contribution in [3.05, 3.63) is 64.7 Å². The maximum Gasteiger partial charge on any atom is 0.257 e. The van der Waals surface area contributed by atoms with Crippen molar-refractivity contribution in [2.24, 2.45) is 0 Å². The van der Waals surface area contributed by atoms with Gasteiger partial charge >= 0.3 is 0 Å². The van der Waals surface area contributed by atoms with Crippen LogP contribution in [0, 0.1) is 0 Å². The van der Waals surface area contributed by atoms with Gasteiger partial charge in [-0.1, -0.05) is 67.6 Å². The SMILES string of the molecule is CN1CCCCCCCN(C(=O)CCc2ccccc2Cl)[C@@H]2CCCC[C@@H]2Oc2ccccc2C1=O. The van der Waals surface area contributed by atoms with Gasteiger partial charge in [-0.2, -0.15) is 0 Å². The average molecular weight is 511 g/mol. The summed E-state index contributed by atoms with van der Waals surface area (Å²) in [5.74, 6) is 0.800. The quantitative estimate of drug-likeness (QED) is 0.471. The number of aryl methyl sites for hydroxylation is 1. The molecular formula is C30H39ClN2O3. The van der Waals surface area contributed by atoms with Crippen LogP contribution in [-0.2, 0) is 11.2 Å². The summed E-state index contributed by atoms with van der Waals surface area (Å²) in [5, 5.41) is 0.715. The Hall–Kier alpha value is -2.53. The van der Waals surface area contributed by atoms with Gasteiger partial charge in [-0.15, -0.1) is 0 Å². The first-order chi connectivity index (χ1) is 17.5. The van der Waals surface area contributed by atoms with Crippen LogP contribution < -0.4 is 4.74 Å². The Morgan fingerprint density at radius 3 is 2.44 bits per heavy atom. The van der Waals surface area contributed by atoms with Gasteiger partial charge in [0.1, 0.15) is 11.9 Å². The van der Waals surface area contributed by atoms with Crippen LogP contribution in [-0.4, -0.2) is 53.9 Å². The summed E-state index contributed by atoms with van der Waals surface area (Å²) < 4.78 is 6.59. The molecule has 1 fully saturated rings. The van der Waals surface area contributed by atoms with Crippen molar-refractivity contribution in [3.63, 3.8) is 0 Å². The van der Waals surface area contributed by atoms with E-state index in [-0.39, 0.29) is 24.0 Å². The number of hydrogen-bond acceptors (Lipinski definition) is 3. The summed E-state index contributed by atoms with van der Waals surface area (Å²) in [4.78, 5) is 30.8. The third-order valence-electron chi connectivity index (χ3n) is 7.59. The standard InChI is InChI=1S/C30H39ClN2O3/c1-32-21-11-3-2-4-12-22-33(29(34)20-19-23-13-5-7-15-25(23)31)26-16-8-10-18-28(26)36-27-17-9-6-14-24(27)30(32)35/h5-7,9,13-15,17,26,28H,2-4,8,10-12,16,18-22H2,1H3/t26-,28+/m1/s1. The number of para-hydroxylation sites is 1. The van der Waals surface area contributed by atoms with Crippen LogP contribution in [0.1, 0.15) is 80.1 Å². The van der Waals surface area contributed by atoms with Gasteiger partial charge in [0.05, 0.1) is 11.6 Å². The zero-order chi connectivity index (χ0) is 25.3. The van der Waals surface area contributed by atoms with Crippen LogP contribution in [0.4, 0.5) is 0 Å². The summed E-state index contributed by atoms with van der Waals surface area (Å²) in [6, 6.07) is 15.4. The first kappa shape index (κ1) is 26.5. The molecule has 0 saturated heterocycles. The minimum Gasteiger partial charge on any atom is -0.487 e. The van der Waals surface area contributed by atoms with Gasteiger partial charge in [0.15, 0.2) is 0 Å². The van der Waals surface area contributed by atoms with E-state index in [4.69, 9.17) is 16.3 Å². The molecule has 36 heavy (non-hydrogen) atoms. The number of hydrogen-bond donors (Lipinski definition) is 0. The van der Waals surface area contributed by atoms with E-state index >= 15 is 0 Å². The van der Waals surface area contributed by atoms with E-state index < -0.39 is 0 Å². The molecule has 0 N–H and O–H groups in total. The molecule has 1 saturated carbocycles. The maximum atomic E-state index is 13.6. The molecule has 2 atom stereocenters. The van der Waals surface area contributed by atoms with Crippen LogP contribution in [0.15, 0.2) is 48.5 Å². The Morgan fingerprint density at radius 1 is 0.917 bits per heavy atom. The number of ether oxygens (including phenoxy) is 1. The molecule has 0 spiro atoms. The Bertz CT molecular complexity index is 1030. The van der Waals surface area contributed by atoms with Crippen molar-refractivity contribution in [3.8, 4) is 5.75 Å². The normalized spacial score (nSPS) is 22.0. The molecule has 0 unspecified atom stereocenters. The zero-order valence-corrected chi connectivity index (χ0v) is 22.2. The Morgan fingerprint density at radius 2 is 1.61 bits per heavy atom. The van der Waals surface area contributed by atoms with Crippen molar-refractivity contribution in [2.75, 3.05) is 20.1 Å². The minimum atomic E-state index is -0.118. The van der Waals surface area contributed by atoms with E-state index in [0.717, 1.165) is 76.4 Å². The van der Waals surface area contributed by atoms with E-state index in [9.17, 15) is 9.59 Å². The fraction of sp³-hybridized carbons (Fsp3) is 0.533. The highest BCUT2D eigenvalue weighted by atomic mass is 35.5. The van der Waals surface area contributed by atoms with Gasteiger partial charge in [-0.25, -0.2) is 0 Å². The van der Waals surface area contributed by atoms with Crippen LogP contribution in [0.25, 0.3) is 0 Å². The number of fused-ring (bicyclic) bond motifs is 2. The smallest absolute Gasteiger partial charge is 0.257 e. The lowest BCUT2D eigenvalue weighted by Crippen LogP contribution is -2.51. The molecular weight excluding hydrogens is 472 g/mol. The molecule has 194 valence electrons. The molecule has 2 aromatic rings. The van der Waals surface area contributed by atoms with E-state index in [1.165, 1.54) is 0 Å². The van der Waals surface area contributed by atoms with E-state index in [2.05, 4.69) is 4.90 Å². The fourth-order valence-electron chi connectivity index (χ4n) is 5.51. The fourth-order valence-corrected chi connectivity index (χ4v) is 5.74. The number of nitrogens with zero attached hydrogens (tertiary/aromatic N) is 2. The van der Waals surface area contributed by atoms with Crippen LogP contribution in [0.5, 0.6) is 5.75 Å². The molecule has 2 aromatic carbocycles. The van der Waals surface area contributed by atoms with Crippen molar-refractivity contribution in [1.82, 2.24) is 9.80 Å². The number of halogens is 1. The van der Waals surface area contributed by atoms with Crippen molar-refractivity contribution < 1.29 is 14.3 Å². The van der Waals surface area contributed by atoms with Gasteiger partial charge in [0, 0.05) is 31.6 Å². The second kappa shape index (κ2) is 13.1. The zero-order valence-electron chi connectivity index (χ0n) is 21.5. The lowest BCUT2D eigenvalue weighted by molar-refractivity contribution is -0.136. The van der Waals surface area contributed by atoms with Crippen molar-refractivity contribution >= 4 is 23.4 Å². The summed E-state index contributed by atoms with van der Waals surface area (Å²) in [5.41, 5.74) is 1.62. The average Bonchev–Trinajstić information content (AvgIpc) is 2.90. The number of carbonyl (C=O) groups is 2. The molecule has 1 aliphatic heterocycles. The number of benzene rings is 2. The predicted octanol–water partition coefficient (Wildman–Crippen LogP) is 6.53. The molecule has 6 heteroatoms. The molecule has 1 heterocycles. The second-order valence-electron chi connectivity index (χ2n) is 10.2. The first-order valence-electron chi connectivity index (χ1n) is 13.6. The summed E-state index contributed by atoms with van der Waals surface area (Å²) in [6.45, 7) is 1.50. The maximum absolute atomic E-state index is 13.6. The second-order valence-corrected chi connectivity index (χ2v) is 10.6. The van der Waals surface area contributed by atoms with E-state index in [1.54, 1.807) is 0 Å². The summed E-state index contributed by atoms with van der Waals surface area (Å²) >= 11 is 6.36. The van der Waals surface area contributed by atoms with Crippen LogP contribution in [0.3, 0.4) is 0 Å². The summed E-state index contributed by atoms with van der Waals surface area (Å²) in [7, 11) is 1.88. The molecule has 2 amide bonds. The monoisotopic (exact) mass is 510 g/mol. The van der Waals surface area contributed by atoms with Gasteiger partial charge < -0.3 is 14.5 Å². The molecule has 5 nitrogen and oxygen atoms in total. The summed E-state index contributed by atoms with van der Waals surface area (Å²) in [6.07, 6.45) is 10.2. The van der Waals surface area contributed by atoms with Crippen LogP contribution >= 0.6 is 11.6 Å². The van der Waals surface area contributed by atoms with E-state index in [0.29, 0.717) is 29.2 Å². The highest BCUT2D eigenvalue weighted by Crippen LogP contribution is 2.31. The highest BCUT2D eigenvalue weighted by molar-refractivity contribution is 6.31. The number of carbonyl (C=O) groups excluding carboxylic acids is 2. The topological polar surface area (TPSA) is 49.9 Å².